The molecule has 0 amide bonds. The van der Waals surface area contributed by atoms with Crippen molar-refractivity contribution in [1.29, 1.82) is 0 Å². The monoisotopic (exact) mass is 413 g/mol. The maximum absolute atomic E-state index is 10.7. The highest BCUT2D eigenvalue weighted by Gasteiger charge is 2.15. The summed E-state index contributed by atoms with van der Waals surface area (Å²) in [6.07, 6.45) is 7.71. The van der Waals surface area contributed by atoms with Crippen LogP contribution in [-0.2, 0) is 11.8 Å². The van der Waals surface area contributed by atoms with Crippen LogP contribution in [0.15, 0.2) is 48.7 Å². The average molecular weight is 414 g/mol. The Labute approximate surface area is 181 Å². The van der Waals surface area contributed by atoms with E-state index in [-0.39, 0.29) is 5.41 Å². The zero-order valence-corrected chi connectivity index (χ0v) is 18.3. The number of imidazole rings is 1. The van der Waals surface area contributed by atoms with Gasteiger partial charge in [-0.1, -0.05) is 51.1 Å². The van der Waals surface area contributed by atoms with Crippen molar-refractivity contribution in [3.8, 4) is 5.69 Å². The third-order valence-electron chi connectivity index (χ3n) is 5.44. The summed E-state index contributed by atoms with van der Waals surface area (Å²) in [6.45, 7) is 8.67. The number of H-pyrrole nitrogens is 1. The third kappa shape index (κ3) is 4.14. The number of nitrogens with zero attached hydrogens (tertiary/aromatic N) is 3. The van der Waals surface area contributed by atoms with E-state index in [1.165, 1.54) is 27.6 Å². The number of allylic oxidation sites excluding steroid dienone is 1. The molecule has 0 atom stereocenters. The van der Waals surface area contributed by atoms with Crippen LogP contribution >= 0.6 is 0 Å². The first-order valence-electron chi connectivity index (χ1n) is 10.3. The summed E-state index contributed by atoms with van der Waals surface area (Å²) >= 11 is 0. The first kappa shape index (κ1) is 20.6. The molecular weight excluding hydrogens is 386 g/mol. The van der Waals surface area contributed by atoms with Crippen LogP contribution in [0.2, 0.25) is 0 Å². The Morgan fingerprint density at radius 1 is 1.16 bits per heavy atom. The molecule has 0 spiro atoms. The number of anilines is 1. The van der Waals surface area contributed by atoms with Gasteiger partial charge in [0.15, 0.2) is 6.29 Å². The Morgan fingerprint density at radius 3 is 2.68 bits per heavy atom. The number of aldehydes is 1. The van der Waals surface area contributed by atoms with E-state index in [9.17, 15) is 4.79 Å². The van der Waals surface area contributed by atoms with Gasteiger partial charge in [0.05, 0.1) is 28.5 Å². The second-order valence-electron chi connectivity index (χ2n) is 8.81. The van der Waals surface area contributed by atoms with Crippen molar-refractivity contribution in [3.63, 3.8) is 0 Å². The first-order chi connectivity index (χ1) is 14.8. The molecule has 2 aromatic heterocycles. The highest BCUT2D eigenvalue weighted by atomic mass is 16.1. The van der Waals surface area contributed by atoms with E-state index in [2.05, 4.69) is 66.2 Å². The molecule has 0 aliphatic heterocycles. The molecule has 0 saturated heterocycles. The Hall–Kier alpha value is -3.67. The zero-order valence-electron chi connectivity index (χ0n) is 18.3. The largest absolute Gasteiger partial charge is 0.383 e. The maximum Gasteiger partial charge on any atom is 0.155 e. The molecular formula is C25H27N5O. The van der Waals surface area contributed by atoms with Gasteiger partial charge in [-0.15, -0.1) is 0 Å². The summed E-state index contributed by atoms with van der Waals surface area (Å²) in [5, 5.41) is 4.10. The van der Waals surface area contributed by atoms with E-state index in [0.717, 1.165) is 29.0 Å². The molecule has 2 heterocycles. The minimum Gasteiger partial charge on any atom is -0.383 e. The van der Waals surface area contributed by atoms with E-state index in [1.54, 1.807) is 0 Å². The molecule has 6 nitrogen and oxygen atoms in total. The molecule has 0 saturated carbocycles. The van der Waals surface area contributed by atoms with Crippen molar-refractivity contribution in [1.82, 2.24) is 19.7 Å². The topological polar surface area (TPSA) is 89.6 Å². The van der Waals surface area contributed by atoms with Crippen molar-refractivity contribution in [2.45, 2.75) is 39.5 Å². The second-order valence-corrected chi connectivity index (χ2v) is 8.81. The molecule has 4 aromatic rings. The number of aryl methyl sites for hydroxylation is 1. The van der Waals surface area contributed by atoms with Crippen molar-refractivity contribution in [2.75, 3.05) is 5.73 Å². The van der Waals surface area contributed by atoms with E-state index in [4.69, 9.17) is 5.73 Å². The fourth-order valence-corrected chi connectivity index (χ4v) is 3.64. The molecule has 3 N–H and O–H groups in total. The van der Waals surface area contributed by atoms with Crippen LogP contribution in [-0.4, -0.2) is 26.0 Å². The standard InChI is InChI=1S/C13H16.C12H11N5O/c1-13(2,3)12-8-7-10-5-4-6-11(10)9-12;1-7-15-10-3-2-9(4-11(10)16-7)17-12(13)8(6-18)5-14-17/h4,6-9H,5H2,1-3H3;2-6H,13H2,1H3,(H,15,16). The predicted octanol–water partition coefficient (Wildman–Crippen LogP) is 5.01. The van der Waals surface area contributed by atoms with E-state index in [1.807, 2.05) is 25.1 Å². The lowest BCUT2D eigenvalue weighted by atomic mass is 9.85. The molecule has 1 aliphatic carbocycles. The number of nitrogen functional groups attached to an aromatic ring is 1. The van der Waals surface area contributed by atoms with Crippen molar-refractivity contribution < 1.29 is 4.79 Å². The third-order valence-corrected chi connectivity index (χ3v) is 5.44. The van der Waals surface area contributed by atoms with Gasteiger partial charge in [0.1, 0.15) is 11.6 Å². The molecule has 2 aromatic carbocycles. The van der Waals surface area contributed by atoms with E-state index in [0.29, 0.717) is 17.7 Å². The van der Waals surface area contributed by atoms with Crippen LogP contribution in [0.4, 0.5) is 5.82 Å². The summed E-state index contributed by atoms with van der Waals surface area (Å²) in [4.78, 5) is 18.2. The lowest BCUT2D eigenvalue weighted by molar-refractivity contribution is 0.112. The number of nitrogens with one attached hydrogen (secondary N) is 1. The van der Waals surface area contributed by atoms with Crippen molar-refractivity contribution in [3.05, 3.63) is 76.7 Å². The van der Waals surface area contributed by atoms with Crippen LogP contribution in [0.5, 0.6) is 0 Å². The Morgan fingerprint density at radius 2 is 1.97 bits per heavy atom. The van der Waals surface area contributed by atoms with Gasteiger partial charge in [-0.2, -0.15) is 5.10 Å². The van der Waals surface area contributed by atoms with Gasteiger partial charge in [-0.05, 0) is 53.6 Å². The smallest absolute Gasteiger partial charge is 0.155 e. The molecule has 0 bridgehead atoms. The van der Waals surface area contributed by atoms with E-state index < -0.39 is 0 Å². The number of aromatic amines is 1. The summed E-state index contributed by atoms with van der Waals surface area (Å²) in [5.41, 5.74) is 13.4. The fourth-order valence-electron chi connectivity index (χ4n) is 3.64. The summed E-state index contributed by atoms with van der Waals surface area (Å²) in [5.74, 6) is 1.18. The van der Waals surface area contributed by atoms with Crippen LogP contribution in [0.25, 0.3) is 22.8 Å². The van der Waals surface area contributed by atoms with Gasteiger partial charge < -0.3 is 10.7 Å². The van der Waals surface area contributed by atoms with Gasteiger partial charge in [-0.25, -0.2) is 9.67 Å². The maximum atomic E-state index is 10.7. The van der Waals surface area contributed by atoms with Crippen molar-refractivity contribution in [2.24, 2.45) is 0 Å². The molecule has 158 valence electrons. The number of fused-ring (bicyclic) bond motifs is 2. The minimum atomic E-state index is 0.269. The molecule has 6 heteroatoms. The number of rotatable bonds is 2. The normalized spacial score (nSPS) is 12.5. The van der Waals surface area contributed by atoms with Crippen molar-refractivity contribution >= 4 is 29.2 Å². The molecule has 31 heavy (non-hydrogen) atoms. The van der Waals surface area contributed by atoms with Gasteiger partial charge in [0.2, 0.25) is 0 Å². The van der Waals surface area contributed by atoms with Crippen LogP contribution in [0.1, 0.15) is 53.6 Å². The SMILES string of the molecule is CC(C)(C)c1ccc2c(c1)C=CC2.Cc1nc2ccc(-n3ncc(C=O)c3N)cc2[nH]1. The average Bonchev–Trinajstić information content (AvgIpc) is 3.43. The van der Waals surface area contributed by atoms with Gasteiger partial charge in [0, 0.05) is 0 Å². The van der Waals surface area contributed by atoms with Gasteiger partial charge >= 0.3 is 0 Å². The Bertz CT molecular complexity index is 1290. The molecule has 0 unspecified atom stereocenters. The molecule has 5 rings (SSSR count). The number of benzene rings is 2. The van der Waals surface area contributed by atoms with Gasteiger partial charge in [-0.3, -0.25) is 4.79 Å². The number of carbonyl (C=O) groups excluding carboxylic acids is 1. The number of nitrogens with two attached hydrogens (primary N) is 1. The number of hydrogen-bond acceptors (Lipinski definition) is 4. The van der Waals surface area contributed by atoms with Gasteiger partial charge in [0.25, 0.3) is 0 Å². The van der Waals surface area contributed by atoms with E-state index >= 15 is 0 Å². The summed E-state index contributed by atoms with van der Waals surface area (Å²) in [7, 11) is 0. The number of carbonyl (C=O) groups is 1. The second kappa shape index (κ2) is 7.87. The highest BCUT2D eigenvalue weighted by Crippen LogP contribution is 2.27. The summed E-state index contributed by atoms with van der Waals surface area (Å²) in [6, 6.07) is 12.5. The predicted molar refractivity (Wildman–Crippen MR) is 126 cm³/mol. The van der Waals surface area contributed by atoms with Crippen LogP contribution in [0, 0.1) is 6.92 Å². The number of aromatic nitrogens is 4. The first-order valence-corrected chi connectivity index (χ1v) is 10.3. The quantitative estimate of drug-likeness (QED) is 0.452. The zero-order chi connectivity index (χ0) is 22.2. The Balaban J connectivity index is 0.000000158. The highest BCUT2D eigenvalue weighted by molar-refractivity contribution is 5.83. The number of hydrogen-bond donors (Lipinski definition) is 2. The molecule has 0 radical (unpaired) electrons. The van der Waals surface area contributed by atoms with Crippen LogP contribution in [0.3, 0.4) is 0 Å². The lowest BCUT2D eigenvalue weighted by Gasteiger charge is -2.19. The summed E-state index contributed by atoms with van der Waals surface area (Å²) < 4.78 is 1.53. The minimum absolute atomic E-state index is 0.269. The van der Waals surface area contributed by atoms with Crippen LogP contribution < -0.4 is 5.73 Å². The lowest BCUT2D eigenvalue weighted by Crippen LogP contribution is -2.11. The Kier molecular flexibility index (Phi) is 5.23. The molecule has 1 aliphatic rings. The molecule has 0 fully saturated rings. The fraction of sp³-hybridized carbons (Fsp3) is 0.240.